The van der Waals surface area contributed by atoms with E-state index in [1.54, 1.807) is 6.20 Å². The summed E-state index contributed by atoms with van der Waals surface area (Å²) in [5.74, 6) is 0.624. The highest BCUT2D eigenvalue weighted by Crippen LogP contribution is 2.18. The maximum atomic E-state index is 12.3. The summed E-state index contributed by atoms with van der Waals surface area (Å²) < 4.78 is 11.0. The number of benzene rings is 2. The van der Waals surface area contributed by atoms with E-state index in [2.05, 4.69) is 15.5 Å². The van der Waals surface area contributed by atoms with Gasteiger partial charge in [0.1, 0.15) is 18.1 Å². The number of nitrogens with one attached hydrogen (secondary N) is 1. The van der Waals surface area contributed by atoms with E-state index in [0.717, 1.165) is 22.4 Å². The van der Waals surface area contributed by atoms with Crippen molar-refractivity contribution in [3.63, 3.8) is 0 Å². The standard InChI is InChI=1S/C22H19N3O3/c26-22(13-20-19-9-1-2-10-21(19)28-25-20)24-14-16-6-5-8-18(12-16)27-15-17-7-3-4-11-23-17/h1-12H,13-15H2,(H,24,26). The lowest BCUT2D eigenvalue weighted by Crippen LogP contribution is -2.24. The number of ether oxygens (including phenoxy) is 1. The minimum absolute atomic E-state index is 0.112. The van der Waals surface area contributed by atoms with Crippen molar-refractivity contribution in [2.24, 2.45) is 0 Å². The summed E-state index contributed by atoms with van der Waals surface area (Å²) in [6, 6.07) is 20.9. The molecule has 1 amide bonds. The monoisotopic (exact) mass is 373 g/mol. The molecule has 0 unspecified atom stereocenters. The summed E-state index contributed by atoms with van der Waals surface area (Å²) in [6.45, 7) is 0.811. The van der Waals surface area contributed by atoms with Gasteiger partial charge < -0.3 is 14.6 Å². The molecular formula is C22H19N3O3. The zero-order chi connectivity index (χ0) is 19.2. The lowest BCUT2D eigenvalue weighted by Gasteiger charge is -2.09. The molecule has 0 spiro atoms. The first kappa shape index (κ1) is 17.7. The van der Waals surface area contributed by atoms with E-state index < -0.39 is 0 Å². The number of nitrogens with zero attached hydrogens (tertiary/aromatic N) is 2. The molecule has 140 valence electrons. The number of fused-ring (bicyclic) bond motifs is 1. The SMILES string of the molecule is O=C(Cc1noc2ccccc12)NCc1cccc(OCc2ccccn2)c1. The predicted molar refractivity (Wildman–Crippen MR) is 105 cm³/mol. The first-order valence-corrected chi connectivity index (χ1v) is 8.99. The van der Waals surface area contributed by atoms with Gasteiger partial charge in [0.15, 0.2) is 5.58 Å². The zero-order valence-electron chi connectivity index (χ0n) is 15.2. The summed E-state index contributed by atoms with van der Waals surface area (Å²) in [4.78, 5) is 16.5. The van der Waals surface area contributed by atoms with Gasteiger partial charge in [-0.15, -0.1) is 0 Å². The van der Waals surface area contributed by atoms with Crippen LogP contribution >= 0.6 is 0 Å². The third-order valence-corrected chi connectivity index (χ3v) is 4.28. The van der Waals surface area contributed by atoms with Crippen molar-refractivity contribution in [3.05, 3.63) is 89.9 Å². The molecule has 0 saturated carbocycles. The maximum Gasteiger partial charge on any atom is 0.226 e. The van der Waals surface area contributed by atoms with Crippen LogP contribution in [-0.2, 0) is 24.4 Å². The molecule has 0 aliphatic heterocycles. The summed E-state index contributed by atoms with van der Waals surface area (Å²) in [5.41, 5.74) is 3.14. The zero-order valence-corrected chi connectivity index (χ0v) is 15.2. The van der Waals surface area contributed by atoms with E-state index in [1.165, 1.54) is 0 Å². The number of rotatable bonds is 7. The number of para-hydroxylation sites is 1. The van der Waals surface area contributed by atoms with Crippen LogP contribution in [0.1, 0.15) is 17.0 Å². The quantitative estimate of drug-likeness (QED) is 0.535. The lowest BCUT2D eigenvalue weighted by molar-refractivity contribution is -0.120. The lowest BCUT2D eigenvalue weighted by atomic mass is 10.1. The van der Waals surface area contributed by atoms with E-state index >= 15 is 0 Å². The van der Waals surface area contributed by atoms with Gasteiger partial charge in [-0.05, 0) is 42.0 Å². The topological polar surface area (TPSA) is 77.2 Å². The molecule has 0 fully saturated rings. The smallest absolute Gasteiger partial charge is 0.226 e. The molecule has 4 aromatic rings. The summed E-state index contributed by atoms with van der Waals surface area (Å²) in [7, 11) is 0. The highest BCUT2D eigenvalue weighted by atomic mass is 16.5. The molecule has 0 aliphatic rings. The number of pyridine rings is 1. The number of carbonyl (C=O) groups is 1. The van der Waals surface area contributed by atoms with E-state index in [-0.39, 0.29) is 12.3 Å². The fraction of sp³-hybridized carbons (Fsp3) is 0.136. The Hall–Kier alpha value is -3.67. The third-order valence-electron chi connectivity index (χ3n) is 4.28. The van der Waals surface area contributed by atoms with Crippen LogP contribution in [0, 0.1) is 0 Å². The molecule has 1 N–H and O–H groups in total. The van der Waals surface area contributed by atoms with Gasteiger partial charge >= 0.3 is 0 Å². The largest absolute Gasteiger partial charge is 0.487 e. The molecule has 28 heavy (non-hydrogen) atoms. The fourth-order valence-electron chi connectivity index (χ4n) is 2.87. The van der Waals surface area contributed by atoms with Crippen LogP contribution in [0.15, 0.2) is 77.4 Å². The molecule has 4 rings (SSSR count). The highest BCUT2D eigenvalue weighted by molar-refractivity contribution is 5.86. The second kappa shape index (κ2) is 8.35. The van der Waals surface area contributed by atoms with E-state index in [0.29, 0.717) is 24.4 Å². The molecule has 6 heteroatoms. The van der Waals surface area contributed by atoms with Gasteiger partial charge in [0.25, 0.3) is 0 Å². The summed E-state index contributed by atoms with van der Waals surface area (Å²) in [6.07, 6.45) is 1.91. The number of amides is 1. The van der Waals surface area contributed by atoms with Crippen LogP contribution in [0.3, 0.4) is 0 Å². The number of hydrogen-bond donors (Lipinski definition) is 1. The second-order valence-electron chi connectivity index (χ2n) is 6.34. The first-order chi connectivity index (χ1) is 13.8. The Balaban J connectivity index is 1.32. The third kappa shape index (κ3) is 4.35. The second-order valence-corrected chi connectivity index (χ2v) is 6.34. The Morgan fingerprint density at radius 3 is 2.82 bits per heavy atom. The average Bonchev–Trinajstić information content (AvgIpc) is 3.15. The van der Waals surface area contributed by atoms with Crippen LogP contribution in [-0.4, -0.2) is 16.0 Å². The van der Waals surface area contributed by atoms with Gasteiger partial charge in [-0.3, -0.25) is 9.78 Å². The number of hydrogen-bond acceptors (Lipinski definition) is 5. The van der Waals surface area contributed by atoms with Crippen LogP contribution < -0.4 is 10.1 Å². The van der Waals surface area contributed by atoms with Crippen LogP contribution in [0.4, 0.5) is 0 Å². The number of aromatic nitrogens is 2. The normalized spacial score (nSPS) is 10.7. The van der Waals surface area contributed by atoms with Crippen molar-refractivity contribution in [1.29, 1.82) is 0 Å². The van der Waals surface area contributed by atoms with E-state index in [9.17, 15) is 4.79 Å². The van der Waals surface area contributed by atoms with Crippen molar-refractivity contribution in [1.82, 2.24) is 15.5 Å². The van der Waals surface area contributed by atoms with Gasteiger partial charge in [0.2, 0.25) is 5.91 Å². The average molecular weight is 373 g/mol. The molecule has 2 heterocycles. The predicted octanol–water partition coefficient (Wildman–Crippen LogP) is 3.66. The Kier molecular flexibility index (Phi) is 5.29. The Morgan fingerprint density at radius 1 is 1.04 bits per heavy atom. The van der Waals surface area contributed by atoms with Gasteiger partial charge in [-0.1, -0.05) is 35.5 Å². The van der Waals surface area contributed by atoms with Crippen molar-refractivity contribution < 1.29 is 14.1 Å². The molecule has 0 bridgehead atoms. The van der Waals surface area contributed by atoms with Crippen molar-refractivity contribution >= 4 is 16.9 Å². The van der Waals surface area contributed by atoms with E-state index in [1.807, 2.05) is 66.7 Å². The summed E-state index contributed by atoms with van der Waals surface area (Å²) in [5, 5.41) is 7.77. The van der Waals surface area contributed by atoms with Gasteiger partial charge in [-0.2, -0.15) is 0 Å². The Labute approximate surface area is 162 Å². The van der Waals surface area contributed by atoms with E-state index in [4.69, 9.17) is 9.26 Å². The van der Waals surface area contributed by atoms with Gasteiger partial charge in [-0.25, -0.2) is 0 Å². The fourth-order valence-corrected chi connectivity index (χ4v) is 2.87. The molecule has 2 aromatic carbocycles. The molecular weight excluding hydrogens is 354 g/mol. The van der Waals surface area contributed by atoms with Crippen LogP contribution in [0.2, 0.25) is 0 Å². The van der Waals surface area contributed by atoms with Gasteiger partial charge in [0, 0.05) is 18.1 Å². The van der Waals surface area contributed by atoms with Crippen LogP contribution in [0.5, 0.6) is 5.75 Å². The van der Waals surface area contributed by atoms with Crippen molar-refractivity contribution in [3.8, 4) is 5.75 Å². The molecule has 0 radical (unpaired) electrons. The minimum Gasteiger partial charge on any atom is -0.487 e. The highest BCUT2D eigenvalue weighted by Gasteiger charge is 2.12. The Morgan fingerprint density at radius 2 is 1.93 bits per heavy atom. The first-order valence-electron chi connectivity index (χ1n) is 8.99. The molecule has 2 aromatic heterocycles. The van der Waals surface area contributed by atoms with Crippen molar-refractivity contribution in [2.75, 3.05) is 0 Å². The Bertz CT molecular complexity index is 1080. The minimum atomic E-state index is -0.112. The maximum absolute atomic E-state index is 12.3. The van der Waals surface area contributed by atoms with Crippen LogP contribution in [0.25, 0.3) is 11.0 Å². The molecule has 6 nitrogen and oxygen atoms in total. The summed E-state index contributed by atoms with van der Waals surface area (Å²) >= 11 is 0. The molecule has 0 aliphatic carbocycles. The molecule has 0 atom stereocenters. The van der Waals surface area contributed by atoms with Gasteiger partial charge in [0.05, 0.1) is 12.1 Å². The van der Waals surface area contributed by atoms with Crippen molar-refractivity contribution in [2.45, 2.75) is 19.6 Å². The number of carbonyl (C=O) groups excluding carboxylic acids is 1. The molecule has 0 saturated heterocycles.